The van der Waals surface area contributed by atoms with Crippen molar-refractivity contribution in [1.82, 2.24) is 0 Å². The quantitative estimate of drug-likeness (QED) is 0.255. The third-order valence-electron chi connectivity index (χ3n) is 5.93. The molecule has 0 spiro atoms. The number of benzene rings is 5. The second-order valence-corrected chi connectivity index (χ2v) is 8.44. The van der Waals surface area contributed by atoms with Crippen molar-refractivity contribution in [2.75, 3.05) is 0 Å². The molecule has 0 N–H and O–H groups in total. The van der Waals surface area contributed by atoms with Crippen LogP contribution >= 0.6 is 23.2 Å². The molecule has 1 nitrogen and oxygen atoms in total. The summed E-state index contributed by atoms with van der Waals surface area (Å²) in [5, 5.41) is 5.99. The van der Waals surface area contributed by atoms with Gasteiger partial charge in [-0.05, 0) is 51.4 Å². The van der Waals surface area contributed by atoms with Gasteiger partial charge in [0.05, 0.1) is 0 Å². The van der Waals surface area contributed by atoms with Crippen molar-refractivity contribution >= 4 is 44.7 Å². The standard InChI is InChI=1S/C27H16Cl2O/c28-18-11-12-21(22(29)15-18)27-25-19-7-3-1-5-16(19)9-13-23(25)30-24-14-10-17-6-2-4-8-20(17)26(24)27/h1-15,27H. The molecule has 5 aromatic rings. The van der Waals surface area contributed by atoms with Gasteiger partial charge in [-0.15, -0.1) is 0 Å². The zero-order valence-electron chi connectivity index (χ0n) is 15.9. The lowest BCUT2D eigenvalue weighted by atomic mass is 9.78. The molecule has 0 fully saturated rings. The summed E-state index contributed by atoms with van der Waals surface area (Å²) in [5.41, 5.74) is 3.31. The van der Waals surface area contributed by atoms with Gasteiger partial charge in [0.25, 0.3) is 0 Å². The molecule has 5 aromatic carbocycles. The zero-order valence-corrected chi connectivity index (χ0v) is 17.4. The maximum absolute atomic E-state index is 6.77. The molecule has 0 bridgehead atoms. The van der Waals surface area contributed by atoms with Crippen molar-refractivity contribution < 1.29 is 4.74 Å². The number of halogens is 2. The van der Waals surface area contributed by atoms with E-state index >= 15 is 0 Å². The van der Waals surface area contributed by atoms with E-state index < -0.39 is 0 Å². The molecule has 0 unspecified atom stereocenters. The summed E-state index contributed by atoms with van der Waals surface area (Å²) in [4.78, 5) is 0. The van der Waals surface area contributed by atoms with Crippen LogP contribution in [0.5, 0.6) is 11.5 Å². The van der Waals surface area contributed by atoms with Crippen LogP contribution in [0.4, 0.5) is 0 Å². The van der Waals surface area contributed by atoms with Crippen molar-refractivity contribution in [3.63, 3.8) is 0 Å². The lowest BCUT2D eigenvalue weighted by molar-refractivity contribution is 0.456. The minimum absolute atomic E-state index is 0.0642. The predicted octanol–water partition coefficient (Wildman–Crippen LogP) is 8.59. The summed E-state index contributed by atoms with van der Waals surface area (Å²) in [6.45, 7) is 0. The van der Waals surface area contributed by atoms with Crippen LogP contribution in [0.25, 0.3) is 21.5 Å². The molecule has 6 rings (SSSR count). The Hall–Kier alpha value is -3.00. The first-order chi connectivity index (χ1) is 14.7. The molecule has 0 saturated carbocycles. The molecule has 144 valence electrons. The van der Waals surface area contributed by atoms with Crippen molar-refractivity contribution in [1.29, 1.82) is 0 Å². The maximum Gasteiger partial charge on any atom is 0.132 e. The summed E-state index contributed by atoms with van der Waals surface area (Å²) in [6, 6.07) is 31.0. The number of hydrogen-bond donors (Lipinski definition) is 0. The molecule has 1 aliphatic heterocycles. The molecule has 30 heavy (non-hydrogen) atoms. The van der Waals surface area contributed by atoms with Crippen LogP contribution in [0.1, 0.15) is 22.6 Å². The van der Waals surface area contributed by atoms with Gasteiger partial charge in [-0.1, -0.05) is 89.9 Å². The van der Waals surface area contributed by atoms with Gasteiger partial charge in [0.15, 0.2) is 0 Å². The molecule has 1 aliphatic rings. The fraction of sp³-hybridized carbons (Fsp3) is 0.0370. The maximum atomic E-state index is 6.77. The first-order valence-corrected chi connectivity index (χ1v) is 10.6. The highest BCUT2D eigenvalue weighted by molar-refractivity contribution is 6.35. The smallest absolute Gasteiger partial charge is 0.132 e. The molecule has 0 atom stereocenters. The van der Waals surface area contributed by atoms with E-state index in [2.05, 4.69) is 72.8 Å². The highest BCUT2D eigenvalue weighted by Crippen LogP contribution is 2.53. The van der Waals surface area contributed by atoms with E-state index in [-0.39, 0.29) is 5.92 Å². The first-order valence-electron chi connectivity index (χ1n) is 9.87. The Kier molecular flexibility index (Phi) is 4.02. The number of ether oxygens (including phenoxy) is 1. The zero-order chi connectivity index (χ0) is 20.2. The van der Waals surface area contributed by atoms with E-state index in [1.165, 1.54) is 21.5 Å². The van der Waals surface area contributed by atoms with Crippen LogP contribution in [0.3, 0.4) is 0 Å². The van der Waals surface area contributed by atoms with Gasteiger partial charge >= 0.3 is 0 Å². The average molecular weight is 427 g/mol. The Morgan fingerprint density at radius 1 is 0.600 bits per heavy atom. The monoisotopic (exact) mass is 426 g/mol. The number of rotatable bonds is 1. The molecule has 0 saturated heterocycles. The molecule has 0 aromatic heterocycles. The minimum Gasteiger partial charge on any atom is -0.457 e. The topological polar surface area (TPSA) is 9.23 Å². The number of fused-ring (bicyclic) bond motifs is 6. The molecule has 1 heterocycles. The van der Waals surface area contributed by atoms with Crippen LogP contribution in [-0.2, 0) is 0 Å². The Balaban J connectivity index is 1.77. The SMILES string of the molecule is Clc1ccc(C2c3c(ccc4ccccc34)Oc3ccc4ccccc4c32)c(Cl)c1. The highest BCUT2D eigenvalue weighted by Gasteiger charge is 2.33. The Morgan fingerprint density at radius 3 is 1.73 bits per heavy atom. The Bertz CT molecular complexity index is 1370. The van der Waals surface area contributed by atoms with Gasteiger partial charge in [-0.3, -0.25) is 0 Å². The normalized spacial score (nSPS) is 13.1. The van der Waals surface area contributed by atoms with Crippen LogP contribution in [0, 0.1) is 0 Å². The lowest BCUT2D eigenvalue weighted by Gasteiger charge is -2.31. The highest BCUT2D eigenvalue weighted by atomic mass is 35.5. The third kappa shape index (κ3) is 2.63. The molecular weight excluding hydrogens is 411 g/mol. The fourth-order valence-corrected chi connectivity index (χ4v) is 5.15. The third-order valence-corrected chi connectivity index (χ3v) is 6.49. The van der Waals surface area contributed by atoms with E-state index in [0.29, 0.717) is 10.0 Å². The van der Waals surface area contributed by atoms with Gasteiger partial charge in [0.2, 0.25) is 0 Å². The van der Waals surface area contributed by atoms with Crippen molar-refractivity contribution in [3.8, 4) is 11.5 Å². The average Bonchev–Trinajstić information content (AvgIpc) is 2.77. The van der Waals surface area contributed by atoms with Crippen LogP contribution in [0.2, 0.25) is 10.0 Å². The molecule has 0 amide bonds. The fourth-order valence-electron chi connectivity index (χ4n) is 4.63. The number of hydrogen-bond acceptors (Lipinski definition) is 1. The summed E-state index contributed by atoms with van der Waals surface area (Å²) < 4.78 is 6.44. The van der Waals surface area contributed by atoms with E-state index in [9.17, 15) is 0 Å². The predicted molar refractivity (Wildman–Crippen MR) is 125 cm³/mol. The molecule has 0 aliphatic carbocycles. The van der Waals surface area contributed by atoms with E-state index in [0.717, 1.165) is 28.2 Å². The minimum atomic E-state index is -0.0642. The van der Waals surface area contributed by atoms with Crippen molar-refractivity contribution in [2.24, 2.45) is 0 Å². The largest absolute Gasteiger partial charge is 0.457 e. The van der Waals surface area contributed by atoms with E-state index in [4.69, 9.17) is 27.9 Å². The summed E-state index contributed by atoms with van der Waals surface area (Å²) in [7, 11) is 0. The van der Waals surface area contributed by atoms with Gasteiger partial charge in [-0.25, -0.2) is 0 Å². The van der Waals surface area contributed by atoms with Gasteiger partial charge in [-0.2, -0.15) is 0 Å². The summed E-state index contributed by atoms with van der Waals surface area (Å²) in [5.74, 6) is 1.67. The Labute approximate surface area is 184 Å². The van der Waals surface area contributed by atoms with Crippen LogP contribution in [0.15, 0.2) is 91.0 Å². The molecule has 0 radical (unpaired) electrons. The summed E-state index contributed by atoms with van der Waals surface area (Å²) in [6.07, 6.45) is 0. The van der Waals surface area contributed by atoms with Crippen LogP contribution in [-0.4, -0.2) is 0 Å². The summed E-state index contributed by atoms with van der Waals surface area (Å²) >= 11 is 13.0. The second-order valence-electron chi connectivity index (χ2n) is 7.60. The van der Waals surface area contributed by atoms with E-state index in [1.54, 1.807) is 0 Å². The second kappa shape index (κ2) is 6.77. The van der Waals surface area contributed by atoms with Gasteiger partial charge in [0.1, 0.15) is 11.5 Å². The van der Waals surface area contributed by atoms with Crippen molar-refractivity contribution in [2.45, 2.75) is 5.92 Å². The lowest BCUT2D eigenvalue weighted by Crippen LogP contribution is -2.13. The molecule has 3 heteroatoms. The Morgan fingerprint density at radius 2 is 1.17 bits per heavy atom. The van der Waals surface area contributed by atoms with Crippen LogP contribution < -0.4 is 4.74 Å². The van der Waals surface area contributed by atoms with Gasteiger partial charge < -0.3 is 4.74 Å². The molecular formula is C27H16Cl2O. The van der Waals surface area contributed by atoms with Crippen molar-refractivity contribution in [3.05, 3.63) is 118 Å². The van der Waals surface area contributed by atoms with E-state index in [1.807, 2.05) is 18.2 Å². The first kappa shape index (κ1) is 17.8. The van der Waals surface area contributed by atoms with Gasteiger partial charge in [0, 0.05) is 27.1 Å².